The highest BCUT2D eigenvalue weighted by Gasteiger charge is 2.31. The molecule has 0 spiro atoms. The normalized spacial score (nSPS) is 16.4. The van der Waals surface area contributed by atoms with Gasteiger partial charge in [-0.1, -0.05) is 48.0 Å². The van der Waals surface area contributed by atoms with Crippen LogP contribution in [-0.2, 0) is 6.18 Å². The Balaban J connectivity index is 1.49. The summed E-state index contributed by atoms with van der Waals surface area (Å²) in [5.41, 5.74) is 2.97. The first kappa shape index (κ1) is 21.3. The summed E-state index contributed by atoms with van der Waals surface area (Å²) in [6, 6.07) is 16.2. The Morgan fingerprint density at radius 1 is 1.10 bits per heavy atom. The first-order valence-corrected chi connectivity index (χ1v) is 10.2. The van der Waals surface area contributed by atoms with Crippen molar-refractivity contribution in [3.8, 4) is 17.0 Å². The molecule has 0 radical (unpaired) electrons. The lowest BCUT2D eigenvalue weighted by atomic mass is 10.0. The predicted octanol–water partition coefficient (Wildman–Crippen LogP) is 6.12. The quantitative estimate of drug-likeness (QED) is 0.511. The lowest BCUT2D eigenvalue weighted by molar-refractivity contribution is -0.137. The van der Waals surface area contributed by atoms with E-state index in [1.54, 1.807) is 0 Å². The highest BCUT2D eigenvalue weighted by molar-refractivity contribution is 6.36. The molecule has 3 aromatic rings. The number of anilines is 2. The number of pyridine rings is 1. The third-order valence-corrected chi connectivity index (χ3v) is 5.68. The molecular formula is C23H21ClF3N3O. The number of hydrogen-bond donors (Lipinski definition) is 1. The third kappa shape index (κ3) is 4.56. The first-order valence-electron chi connectivity index (χ1n) is 9.87. The Hall–Kier alpha value is -2.93. The van der Waals surface area contributed by atoms with E-state index in [1.807, 2.05) is 49.5 Å². The fourth-order valence-corrected chi connectivity index (χ4v) is 4.10. The standard InChI is InChI=1S/C23H21ClF3N3O/c1-28-22-19(9-8-18(21(22)24)15-5-3-2-4-6-15)30-12-11-17(14-30)31-20-10-7-16(13-29-20)23(25,26)27/h2-10,13,17,28H,11-12,14H2,1H3. The number of nitrogens with zero attached hydrogens (tertiary/aromatic N) is 2. The van der Waals surface area contributed by atoms with Crippen molar-refractivity contribution in [3.05, 3.63) is 71.4 Å². The zero-order chi connectivity index (χ0) is 22.0. The summed E-state index contributed by atoms with van der Waals surface area (Å²) < 4.78 is 43.9. The Labute approximate surface area is 183 Å². The van der Waals surface area contributed by atoms with Crippen LogP contribution < -0.4 is 15.0 Å². The molecule has 1 aliphatic heterocycles. The second kappa shape index (κ2) is 8.67. The van der Waals surface area contributed by atoms with Crippen LogP contribution in [0.15, 0.2) is 60.8 Å². The predicted molar refractivity (Wildman–Crippen MR) is 117 cm³/mol. The van der Waals surface area contributed by atoms with Crippen molar-refractivity contribution in [1.29, 1.82) is 0 Å². The zero-order valence-electron chi connectivity index (χ0n) is 16.8. The maximum absolute atomic E-state index is 12.7. The summed E-state index contributed by atoms with van der Waals surface area (Å²) in [5, 5.41) is 3.84. The molecule has 162 valence electrons. The van der Waals surface area contributed by atoms with Crippen LogP contribution in [0.3, 0.4) is 0 Å². The van der Waals surface area contributed by atoms with Gasteiger partial charge in [0.2, 0.25) is 5.88 Å². The molecule has 2 aromatic carbocycles. The minimum atomic E-state index is -4.41. The van der Waals surface area contributed by atoms with E-state index in [-0.39, 0.29) is 12.0 Å². The molecule has 1 saturated heterocycles. The Kier molecular flexibility index (Phi) is 5.96. The number of hydrogen-bond acceptors (Lipinski definition) is 4. The molecule has 0 aliphatic carbocycles. The average molecular weight is 448 g/mol. The van der Waals surface area contributed by atoms with Crippen LogP contribution in [0.2, 0.25) is 5.02 Å². The monoisotopic (exact) mass is 447 g/mol. The number of halogens is 4. The van der Waals surface area contributed by atoms with E-state index in [0.717, 1.165) is 47.7 Å². The second-order valence-corrected chi connectivity index (χ2v) is 7.67. The molecule has 0 amide bonds. The molecule has 1 N–H and O–H groups in total. The minimum absolute atomic E-state index is 0.179. The van der Waals surface area contributed by atoms with E-state index >= 15 is 0 Å². The Morgan fingerprint density at radius 3 is 2.52 bits per heavy atom. The molecule has 0 bridgehead atoms. The van der Waals surface area contributed by atoms with Crippen molar-refractivity contribution in [3.63, 3.8) is 0 Å². The summed E-state index contributed by atoms with van der Waals surface area (Å²) in [6.07, 6.45) is -3.07. The summed E-state index contributed by atoms with van der Waals surface area (Å²) in [5.74, 6) is 0.186. The molecule has 8 heteroatoms. The first-order chi connectivity index (χ1) is 14.9. The van der Waals surface area contributed by atoms with E-state index in [0.29, 0.717) is 11.6 Å². The summed E-state index contributed by atoms with van der Waals surface area (Å²) in [6.45, 7) is 1.32. The van der Waals surface area contributed by atoms with Crippen molar-refractivity contribution in [2.45, 2.75) is 18.7 Å². The van der Waals surface area contributed by atoms with Crippen LogP contribution in [0.4, 0.5) is 24.5 Å². The molecule has 0 saturated carbocycles. The molecule has 4 rings (SSSR count). The van der Waals surface area contributed by atoms with Gasteiger partial charge in [0.05, 0.1) is 28.5 Å². The molecule has 1 atom stereocenters. The van der Waals surface area contributed by atoms with E-state index in [2.05, 4.69) is 15.2 Å². The van der Waals surface area contributed by atoms with Crippen molar-refractivity contribution in [2.24, 2.45) is 0 Å². The van der Waals surface area contributed by atoms with Gasteiger partial charge in [0.25, 0.3) is 0 Å². The second-order valence-electron chi connectivity index (χ2n) is 7.29. The fourth-order valence-electron chi connectivity index (χ4n) is 3.74. The Morgan fingerprint density at radius 2 is 1.87 bits per heavy atom. The number of alkyl halides is 3. The SMILES string of the molecule is CNc1c(N2CCC(Oc3ccc(C(F)(F)F)cn3)C2)ccc(-c2ccccc2)c1Cl. The number of rotatable bonds is 5. The molecule has 4 nitrogen and oxygen atoms in total. The molecule has 1 unspecified atom stereocenters. The van der Waals surface area contributed by atoms with Crippen molar-refractivity contribution in [1.82, 2.24) is 4.98 Å². The van der Waals surface area contributed by atoms with Crippen LogP contribution in [0.25, 0.3) is 11.1 Å². The lowest BCUT2D eigenvalue weighted by Gasteiger charge is -2.24. The van der Waals surface area contributed by atoms with Crippen LogP contribution in [0.5, 0.6) is 5.88 Å². The van der Waals surface area contributed by atoms with E-state index in [1.165, 1.54) is 6.07 Å². The van der Waals surface area contributed by atoms with Crippen molar-refractivity contribution >= 4 is 23.0 Å². The zero-order valence-corrected chi connectivity index (χ0v) is 17.5. The van der Waals surface area contributed by atoms with E-state index < -0.39 is 11.7 Å². The smallest absolute Gasteiger partial charge is 0.417 e. The summed E-state index contributed by atoms with van der Waals surface area (Å²) in [7, 11) is 1.83. The largest absolute Gasteiger partial charge is 0.472 e. The number of ether oxygens (including phenoxy) is 1. The maximum Gasteiger partial charge on any atom is 0.417 e. The van der Waals surface area contributed by atoms with Crippen molar-refractivity contribution in [2.75, 3.05) is 30.4 Å². The molecule has 1 aliphatic rings. The Bertz CT molecular complexity index is 1040. The maximum atomic E-state index is 12.7. The van der Waals surface area contributed by atoms with Gasteiger partial charge in [-0.15, -0.1) is 0 Å². The molecule has 2 heterocycles. The van der Waals surface area contributed by atoms with Crippen molar-refractivity contribution < 1.29 is 17.9 Å². The number of nitrogens with one attached hydrogen (secondary N) is 1. The van der Waals surface area contributed by atoms with Gasteiger partial charge in [-0.2, -0.15) is 13.2 Å². The topological polar surface area (TPSA) is 37.4 Å². The number of benzene rings is 2. The van der Waals surface area contributed by atoms with Gasteiger partial charge in [0, 0.05) is 37.8 Å². The van der Waals surface area contributed by atoms with E-state index in [4.69, 9.17) is 16.3 Å². The highest BCUT2D eigenvalue weighted by atomic mass is 35.5. The molecule has 31 heavy (non-hydrogen) atoms. The van der Waals surface area contributed by atoms with E-state index in [9.17, 15) is 13.2 Å². The van der Waals surface area contributed by atoms with Gasteiger partial charge in [-0.25, -0.2) is 4.98 Å². The van der Waals surface area contributed by atoms with Crippen LogP contribution in [0, 0.1) is 0 Å². The van der Waals surface area contributed by atoms with Gasteiger partial charge >= 0.3 is 6.18 Å². The lowest BCUT2D eigenvalue weighted by Crippen LogP contribution is -2.25. The summed E-state index contributed by atoms with van der Waals surface area (Å²) >= 11 is 6.72. The van der Waals surface area contributed by atoms with Gasteiger partial charge < -0.3 is 15.0 Å². The molecular weight excluding hydrogens is 427 g/mol. The fraction of sp³-hybridized carbons (Fsp3) is 0.261. The minimum Gasteiger partial charge on any atom is -0.472 e. The molecule has 1 aromatic heterocycles. The highest BCUT2D eigenvalue weighted by Crippen LogP contribution is 2.41. The summed E-state index contributed by atoms with van der Waals surface area (Å²) in [4.78, 5) is 5.96. The van der Waals surface area contributed by atoms with Gasteiger partial charge in [0.1, 0.15) is 6.10 Å². The van der Waals surface area contributed by atoms with Gasteiger partial charge in [0.15, 0.2) is 0 Å². The van der Waals surface area contributed by atoms with Crippen LogP contribution >= 0.6 is 11.6 Å². The van der Waals surface area contributed by atoms with Crippen LogP contribution in [-0.4, -0.2) is 31.2 Å². The number of aromatic nitrogens is 1. The average Bonchev–Trinajstić information content (AvgIpc) is 3.22. The van der Waals surface area contributed by atoms with Gasteiger partial charge in [-0.3, -0.25) is 0 Å². The van der Waals surface area contributed by atoms with Crippen LogP contribution in [0.1, 0.15) is 12.0 Å². The van der Waals surface area contributed by atoms with Gasteiger partial charge in [-0.05, 0) is 17.7 Å². The third-order valence-electron chi connectivity index (χ3n) is 5.29. The molecule has 1 fully saturated rings.